The Morgan fingerprint density at radius 2 is 2.04 bits per heavy atom. The number of guanidine groups is 1. The molecule has 0 aromatic heterocycles. The monoisotopic (exact) mass is 506 g/mol. The molecule has 8 heteroatoms. The Balaban J connectivity index is 0.00000392. The first-order valence-corrected chi connectivity index (χ1v) is 9.75. The quantitative estimate of drug-likeness (QED) is 0.285. The van der Waals surface area contributed by atoms with Gasteiger partial charge in [0.05, 0.1) is 31.5 Å². The van der Waals surface area contributed by atoms with E-state index in [2.05, 4.69) is 27.6 Å². The molecule has 1 aromatic carbocycles. The van der Waals surface area contributed by atoms with E-state index < -0.39 is 6.10 Å². The topological polar surface area (TPSA) is 78.4 Å². The van der Waals surface area contributed by atoms with E-state index in [0.717, 1.165) is 37.6 Å². The molecule has 0 amide bonds. The smallest absolute Gasteiger partial charge is 0.191 e. The molecule has 7 nitrogen and oxygen atoms in total. The Morgan fingerprint density at radius 1 is 1.32 bits per heavy atom. The number of aliphatic hydroxyl groups is 1. The lowest BCUT2D eigenvalue weighted by Crippen LogP contribution is -2.48. The molecule has 1 heterocycles. The number of rotatable bonds is 8. The van der Waals surface area contributed by atoms with Crippen molar-refractivity contribution in [1.82, 2.24) is 15.5 Å². The van der Waals surface area contributed by atoms with Crippen molar-refractivity contribution in [3.8, 4) is 5.75 Å². The third-order valence-electron chi connectivity index (χ3n) is 4.24. The molecular weight excluding hydrogens is 471 g/mol. The first kappa shape index (κ1) is 24.9. The Kier molecular flexibility index (Phi) is 11.7. The van der Waals surface area contributed by atoms with Gasteiger partial charge in [-0.3, -0.25) is 4.99 Å². The van der Waals surface area contributed by atoms with E-state index in [1.165, 1.54) is 0 Å². The van der Waals surface area contributed by atoms with Crippen molar-refractivity contribution in [3.63, 3.8) is 0 Å². The minimum Gasteiger partial charge on any atom is -0.491 e. The molecule has 28 heavy (non-hydrogen) atoms. The van der Waals surface area contributed by atoms with E-state index >= 15 is 0 Å². The summed E-state index contributed by atoms with van der Waals surface area (Å²) in [6.45, 7) is 10.4. The number of ether oxygens (including phenoxy) is 2. The van der Waals surface area contributed by atoms with Gasteiger partial charge in [-0.05, 0) is 45.5 Å². The van der Waals surface area contributed by atoms with E-state index in [9.17, 15) is 5.11 Å². The average molecular weight is 506 g/mol. The van der Waals surface area contributed by atoms with Crippen molar-refractivity contribution in [1.29, 1.82) is 0 Å². The molecule has 3 N–H and O–H groups in total. The van der Waals surface area contributed by atoms with Gasteiger partial charge < -0.3 is 30.1 Å². The lowest BCUT2D eigenvalue weighted by Gasteiger charge is -2.30. The fraction of sp³-hybridized carbons (Fsp3) is 0.650. The Bertz CT molecular complexity index is 583. The molecular formula is C20H35IN4O3. The van der Waals surface area contributed by atoms with E-state index in [0.29, 0.717) is 12.5 Å². The van der Waals surface area contributed by atoms with Crippen molar-refractivity contribution < 1.29 is 14.6 Å². The van der Waals surface area contributed by atoms with Crippen LogP contribution < -0.4 is 15.4 Å². The molecule has 1 saturated heterocycles. The Hall–Kier alpha value is -1.10. The predicted molar refractivity (Wildman–Crippen MR) is 124 cm³/mol. The highest BCUT2D eigenvalue weighted by Gasteiger charge is 2.17. The van der Waals surface area contributed by atoms with E-state index in [1.54, 1.807) is 0 Å². The van der Waals surface area contributed by atoms with Crippen molar-refractivity contribution in [2.45, 2.75) is 39.1 Å². The number of hydrogen-bond donors (Lipinski definition) is 3. The van der Waals surface area contributed by atoms with Gasteiger partial charge in [0.1, 0.15) is 5.75 Å². The van der Waals surface area contributed by atoms with Crippen LogP contribution in [0.2, 0.25) is 0 Å². The fourth-order valence-corrected chi connectivity index (χ4v) is 2.87. The first-order valence-electron chi connectivity index (χ1n) is 9.75. The van der Waals surface area contributed by atoms with Gasteiger partial charge >= 0.3 is 0 Å². The summed E-state index contributed by atoms with van der Waals surface area (Å²) in [5.41, 5.74) is 0.822. The van der Waals surface area contributed by atoms with Crippen LogP contribution in [0.5, 0.6) is 5.75 Å². The average Bonchev–Trinajstić information content (AvgIpc) is 2.64. The highest BCUT2D eigenvalue weighted by atomic mass is 127. The standard InChI is InChI=1S/C20H34N4O3.HI/c1-5-21-20(22-12-18-14-24(4)10-11-26-18)23-13-19(25)16-6-8-17(9-7-16)27-15(2)3;/h6-9,15,18-19,25H,5,10-14H2,1-4H3,(H2,21,22,23);1H. The number of hydrogen-bond acceptors (Lipinski definition) is 5. The van der Waals surface area contributed by atoms with Gasteiger partial charge in [0, 0.05) is 26.2 Å². The molecule has 0 saturated carbocycles. The van der Waals surface area contributed by atoms with Crippen molar-refractivity contribution in [3.05, 3.63) is 29.8 Å². The summed E-state index contributed by atoms with van der Waals surface area (Å²) in [7, 11) is 2.10. The molecule has 0 bridgehead atoms. The third-order valence-corrected chi connectivity index (χ3v) is 4.24. The van der Waals surface area contributed by atoms with Crippen LogP contribution in [0.15, 0.2) is 29.3 Å². The summed E-state index contributed by atoms with van der Waals surface area (Å²) >= 11 is 0. The van der Waals surface area contributed by atoms with Crippen LogP contribution in [0, 0.1) is 0 Å². The largest absolute Gasteiger partial charge is 0.491 e. The summed E-state index contributed by atoms with van der Waals surface area (Å²) in [6.07, 6.45) is -0.385. The number of halogens is 1. The minimum atomic E-state index is -0.661. The molecule has 0 spiro atoms. The van der Waals surface area contributed by atoms with Gasteiger partial charge in [0.25, 0.3) is 0 Å². The zero-order valence-corrected chi connectivity index (χ0v) is 19.7. The number of nitrogens with one attached hydrogen (secondary N) is 2. The first-order chi connectivity index (χ1) is 13.0. The van der Waals surface area contributed by atoms with Crippen molar-refractivity contribution in [2.24, 2.45) is 4.99 Å². The summed E-state index contributed by atoms with van der Waals surface area (Å²) in [4.78, 5) is 6.77. The number of aliphatic imine (C=N–C) groups is 1. The van der Waals surface area contributed by atoms with Crippen LogP contribution in [0.1, 0.15) is 32.4 Å². The molecule has 1 aliphatic heterocycles. The van der Waals surface area contributed by atoms with Crippen LogP contribution >= 0.6 is 24.0 Å². The lowest BCUT2D eigenvalue weighted by molar-refractivity contribution is -0.0161. The predicted octanol–water partition coefficient (Wildman–Crippen LogP) is 2.01. The maximum Gasteiger partial charge on any atom is 0.191 e. The van der Waals surface area contributed by atoms with Crippen LogP contribution in [-0.4, -0.2) is 74.6 Å². The summed E-state index contributed by atoms with van der Waals surface area (Å²) in [6, 6.07) is 7.51. The van der Waals surface area contributed by atoms with Gasteiger partial charge in [0.2, 0.25) is 0 Å². The summed E-state index contributed by atoms with van der Waals surface area (Å²) < 4.78 is 11.4. The highest BCUT2D eigenvalue weighted by Crippen LogP contribution is 2.19. The second kappa shape index (κ2) is 13.2. The third kappa shape index (κ3) is 8.93. The number of likely N-dealkylation sites (N-methyl/N-ethyl adjacent to an activating group) is 1. The van der Waals surface area contributed by atoms with Crippen molar-refractivity contribution in [2.75, 3.05) is 46.4 Å². The maximum atomic E-state index is 10.4. The maximum absolute atomic E-state index is 10.4. The SMILES string of the molecule is CCNC(=NCC(O)c1ccc(OC(C)C)cc1)NCC1CN(C)CCO1.I. The number of nitrogens with zero attached hydrogens (tertiary/aromatic N) is 2. The zero-order chi connectivity index (χ0) is 19.6. The molecule has 1 aliphatic rings. The Morgan fingerprint density at radius 3 is 2.64 bits per heavy atom. The van der Waals surface area contributed by atoms with E-state index in [-0.39, 0.29) is 42.7 Å². The lowest BCUT2D eigenvalue weighted by atomic mass is 10.1. The second-order valence-electron chi connectivity index (χ2n) is 7.11. The van der Waals surface area contributed by atoms with Crippen LogP contribution in [-0.2, 0) is 4.74 Å². The number of morpholine rings is 1. The van der Waals surface area contributed by atoms with Crippen LogP contribution in [0.3, 0.4) is 0 Å². The summed E-state index contributed by atoms with van der Waals surface area (Å²) in [5, 5.41) is 16.9. The van der Waals surface area contributed by atoms with Gasteiger partial charge in [-0.15, -0.1) is 24.0 Å². The fourth-order valence-electron chi connectivity index (χ4n) is 2.87. The molecule has 0 aliphatic carbocycles. The van der Waals surface area contributed by atoms with E-state index in [4.69, 9.17) is 9.47 Å². The highest BCUT2D eigenvalue weighted by molar-refractivity contribution is 14.0. The second-order valence-corrected chi connectivity index (χ2v) is 7.11. The van der Waals surface area contributed by atoms with Crippen molar-refractivity contribution >= 4 is 29.9 Å². The molecule has 2 unspecified atom stereocenters. The number of benzene rings is 1. The van der Waals surface area contributed by atoms with Gasteiger partial charge in [-0.25, -0.2) is 0 Å². The molecule has 160 valence electrons. The van der Waals surface area contributed by atoms with Crippen LogP contribution in [0.4, 0.5) is 0 Å². The van der Waals surface area contributed by atoms with Crippen LogP contribution in [0.25, 0.3) is 0 Å². The van der Waals surface area contributed by atoms with Gasteiger partial charge in [0.15, 0.2) is 5.96 Å². The molecule has 2 atom stereocenters. The summed E-state index contributed by atoms with van der Waals surface area (Å²) in [5.74, 6) is 1.49. The number of aliphatic hydroxyl groups excluding tert-OH is 1. The Labute approximate surface area is 185 Å². The molecule has 1 fully saturated rings. The molecule has 2 rings (SSSR count). The zero-order valence-electron chi connectivity index (χ0n) is 17.4. The minimum absolute atomic E-state index is 0. The molecule has 1 aromatic rings. The van der Waals surface area contributed by atoms with Gasteiger partial charge in [-0.2, -0.15) is 0 Å². The van der Waals surface area contributed by atoms with E-state index in [1.807, 2.05) is 45.0 Å². The van der Waals surface area contributed by atoms with Gasteiger partial charge in [-0.1, -0.05) is 12.1 Å². The molecule has 0 radical (unpaired) electrons. The normalized spacial score (nSPS) is 19.1.